The fourth-order valence-corrected chi connectivity index (χ4v) is 1.85. The van der Waals surface area contributed by atoms with E-state index in [4.69, 9.17) is 11.6 Å². The first-order valence-electron chi connectivity index (χ1n) is 6.54. The Bertz CT molecular complexity index is 494. The fourth-order valence-electron chi connectivity index (χ4n) is 1.67. The van der Waals surface area contributed by atoms with Crippen LogP contribution < -0.4 is 5.32 Å². The van der Waals surface area contributed by atoms with Gasteiger partial charge in [0.25, 0.3) is 5.91 Å². The van der Waals surface area contributed by atoms with E-state index in [1.165, 1.54) is 19.2 Å². The Balaban J connectivity index is 2.98. The third-order valence-electron chi connectivity index (χ3n) is 2.68. The highest BCUT2D eigenvalue weighted by atomic mass is 35.5. The lowest BCUT2D eigenvalue weighted by Gasteiger charge is -2.23. The van der Waals surface area contributed by atoms with Crippen molar-refractivity contribution in [2.45, 2.75) is 26.4 Å². The molecule has 4 nitrogen and oxygen atoms in total. The fraction of sp³-hybridized carbons (Fsp3) is 0.538. The van der Waals surface area contributed by atoms with Gasteiger partial charge < -0.3 is 10.2 Å². The highest BCUT2D eigenvalue weighted by Gasteiger charge is 2.33. The summed E-state index contributed by atoms with van der Waals surface area (Å²) in [5, 5.41) is 2.99. The van der Waals surface area contributed by atoms with E-state index in [2.05, 4.69) is 10.3 Å². The Labute approximate surface area is 126 Å². The van der Waals surface area contributed by atoms with Gasteiger partial charge in [0.2, 0.25) is 0 Å². The van der Waals surface area contributed by atoms with Crippen LogP contribution in [0.3, 0.4) is 0 Å². The van der Waals surface area contributed by atoms with Crippen LogP contribution in [0.4, 0.5) is 19.0 Å². The van der Waals surface area contributed by atoms with Crippen molar-refractivity contribution in [3.05, 3.63) is 22.8 Å². The summed E-state index contributed by atoms with van der Waals surface area (Å²) in [7, 11) is 0. The van der Waals surface area contributed by atoms with Crippen molar-refractivity contribution in [3.8, 4) is 0 Å². The zero-order chi connectivity index (χ0) is 16.0. The van der Waals surface area contributed by atoms with Crippen LogP contribution in [0.25, 0.3) is 0 Å². The first kappa shape index (κ1) is 17.6. The Hall–Kier alpha value is -1.50. The van der Waals surface area contributed by atoms with Crippen molar-refractivity contribution < 1.29 is 18.0 Å². The molecule has 0 spiro atoms. The number of pyridine rings is 1. The van der Waals surface area contributed by atoms with E-state index in [0.717, 1.165) is 6.42 Å². The van der Waals surface area contributed by atoms with Gasteiger partial charge in [-0.05, 0) is 19.4 Å². The van der Waals surface area contributed by atoms with E-state index in [9.17, 15) is 18.0 Å². The molecule has 0 saturated carbocycles. The van der Waals surface area contributed by atoms with Crippen LogP contribution in [-0.2, 0) is 0 Å². The molecule has 0 bridgehead atoms. The number of hydrogen-bond acceptors (Lipinski definition) is 3. The van der Waals surface area contributed by atoms with E-state index in [0.29, 0.717) is 17.3 Å². The van der Waals surface area contributed by atoms with Crippen molar-refractivity contribution in [1.82, 2.24) is 9.88 Å². The quantitative estimate of drug-likeness (QED) is 0.870. The molecule has 0 aromatic carbocycles. The molecule has 21 heavy (non-hydrogen) atoms. The predicted molar refractivity (Wildman–Crippen MR) is 75.7 cm³/mol. The van der Waals surface area contributed by atoms with Gasteiger partial charge in [0.05, 0.1) is 10.6 Å². The van der Waals surface area contributed by atoms with Gasteiger partial charge in [0.15, 0.2) is 0 Å². The lowest BCUT2D eigenvalue weighted by atomic mass is 10.2. The van der Waals surface area contributed by atoms with Crippen LogP contribution in [0.2, 0.25) is 5.02 Å². The lowest BCUT2D eigenvalue weighted by molar-refractivity contribution is -0.140. The average Bonchev–Trinajstić information content (AvgIpc) is 2.42. The van der Waals surface area contributed by atoms with Gasteiger partial charge >= 0.3 is 6.18 Å². The van der Waals surface area contributed by atoms with Crippen molar-refractivity contribution in [3.63, 3.8) is 0 Å². The number of amides is 1. The molecule has 8 heteroatoms. The van der Waals surface area contributed by atoms with E-state index < -0.39 is 18.6 Å². The van der Waals surface area contributed by atoms with Gasteiger partial charge in [-0.15, -0.1) is 0 Å². The number of carbonyl (C=O) groups excluding carboxylic acids is 1. The second-order valence-corrected chi connectivity index (χ2v) is 4.82. The number of aromatic nitrogens is 1. The smallest absolute Gasteiger partial charge is 0.370 e. The topological polar surface area (TPSA) is 45.2 Å². The number of nitrogens with one attached hydrogen (secondary N) is 1. The van der Waals surface area contributed by atoms with E-state index in [1.807, 2.05) is 6.92 Å². The molecule has 1 rings (SSSR count). The first-order chi connectivity index (χ1) is 9.78. The third-order valence-corrected chi connectivity index (χ3v) is 2.98. The summed E-state index contributed by atoms with van der Waals surface area (Å²) >= 11 is 5.88. The highest BCUT2D eigenvalue weighted by Crippen LogP contribution is 2.23. The van der Waals surface area contributed by atoms with E-state index >= 15 is 0 Å². The molecular formula is C13H17ClF3N3O. The van der Waals surface area contributed by atoms with Crippen LogP contribution in [0.15, 0.2) is 12.3 Å². The molecule has 0 aliphatic rings. The molecule has 0 radical (unpaired) electrons. The minimum atomic E-state index is -4.45. The van der Waals surface area contributed by atoms with Gasteiger partial charge in [-0.25, -0.2) is 4.98 Å². The van der Waals surface area contributed by atoms with Gasteiger partial charge in [-0.3, -0.25) is 4.79 Å². The van der Waals surface area contributed by atoms with Crippen molar-refractivity contribution in [2.24, 2.45) is 0 Å². The molecule has 1 heterocycles. The van der Waals surface area contributed by atoms with Gasteiger partial charge in [-0.1, -0.05) is 18.5 Å². The van der Waals surface area contributed by atoms with Crippen molar-refractivity contribution >= 4 is 23.3 Å². The molecular weight excluding hydrogens is 307 g/mol. The van der Waals surface area contributed by atoms with Crippen LogP contribution in [0.1, 0.15) is 30.6 Å². The summed E-state index contributed by atoms with van der Waals surface area (Å²) < 4.78 is 37.4. The van der Waals surface area contributed by atoms with Gasteiger partial charge in [0, 0.05) is 19.3 Å². The number of rotatable bonds is 6. The molecule has 1 N–H and O–H groups in total. The molecule has 0 aliphatic carbocycles. The molecule has 1 aromatic heterocycles. The predicted octanol–water partition coefficient (Wildman–Crippen LogP) is 3.58. The second-order valence-electron chi connectivity index (χ2n) is 4.41. The maximum atomic E-state index is 12.5. The van der Waals surface area contributed by atoms with E-state index in [-0.39, 0.29) is 17.1 Å². The molecule has 0 atom stereocenters. The zero-order valence-corrected chi connectivity index (χ0v) is 12.6. The Morgan fingerprint density at radius 2 is 2.10 bits per heavy atom. The Kier molecular flexibility index (Phi) is 6.26. The summed E-state index contributed by atoms with van der Waals surface area (Å²) in [6.45, 7) is 2.71. The lowest BCUT2D eigenvalue weighted by Crippen LogP contribution is -2.39. The highest BCUT2D eigenvalue weighted by molar-refractivity contribution is 6.33. The summed E-state index contributed by atoms with van der Waals surface area (Å²) in [5.74, 6) is -0.352. The molecule has 1 amide bonds. The third kappa shape index (κ3) is 5.41. The molecule has 0 fully saturated rings. The SMILES string of the molecule is CCCNc1cc(C(=O)N(CC)CC(F)(F)F)c(Cl)cn1. The zero-order valence-electron chi connectivity index (χ0n) is 11.8. The van der Waals surface area contributed by atoms with Crippen LogP contribution >= 0.6 is 11.6 Å². The maximum absolute atomic E-state index is 12.5. The minimum absolute atomic E-state index is 0.0105. The molecule has 0 saturated heterocycles. The number of hydrogen-bond donors (Lipinski definition) is 1. The molecule has 0 unspecified atom stereocenters. The summed E-state index contributed by atoms with van der Waals surface area (Å²) in [5.41, 5.74) is 0.0105. The number of alkyl halides is 3. The van der Waals surface area contributed by atoms with Crippen LogP contribution in [0.5, 0.6) is 0 Å². The second kappa shape index (κ2) is 7.49. The summed E-state index contributed by atoms with van der Waals surface area (Å²) in [6, 6.07) is 1.37. The molecule has 118 valence electrons. The van der Waals surface area contributed by atoms with Crippen LogP contribution in [-0.4, -0.2) is 41.6 Å². The monoisotopic (exact) mass is 323 g/mol. The normalized spacial score (nSPS) is 11.3. The Morgan fingerprint density at radius 1 is 1.43 bits per heavy atom. The molecule has 1 aromatic rings. The van der Waals surface area contributed by atoms with Crippen LogP contribution in [0, 0.1) is 0 Å². The Morgan fingerprint density at radius 3 is 2.62 bits per heavy atom. The average molecular weight is 324 g/mol. The van der Waals surface area contributed by atoms with Crippen molar-refractivity contribution in [1.29, 1.82) is 0 Å². The standard InChI is InChI=1S/C13H17ClF3N3O/c1-3-5-18-11-6-9(10(14)7-19-11)12(21)20(4-2)8-13(15,16)17/h6-7H,3-5,8H2,1-2H3,(H,18,19). The first-order valence-corrected chi connectivity index (χ1v) is 6.91. The van der Waals surface area contributed by atoms with E-state index in [1.54, 1.807) is 0 Å². The van der Waals surface area contributed by atoms with Gasteiger partial charge in [-0.2, -0.15) is 13.2 Å². The minimum Gasteiger partial charge on any atom is -0.370 e. The summed E-state index contributed by atoms with van der Waals surface area (Å²) in [4.78, 5) is 16.9. The number of halogens is 4. The van der Waals surface area contributed by atoms with Gasteiger partial charge in [0.1, 0.15) is 12.4 Å². The largest absolute Gasteiger partial charge is 0.406 e. The number of anilines is 1. The maximum Gasteiger partial charge on any atom is 0.406 e. The number of nitrogens with zero attached hydrogens (tertiary/aromatic N) is 2. The molecule has 0 aliphatic heterocycles. The number of carbonyl (C=O) groups is 1. The van der Waals surface area contributed by atoms with Crippen molar-refractivity contribution in [2.75, 3.05) is 25.0 Å². The summed E-state index contributed by atoms with van der Waals surface area (Å²) in [6.07, 6.45) is -2.34.